The Labute approximate surface area is 182 Å². The van der Waals surface area contributed by atoms with E-state index in [1.54, 1.807) is 43.5 Å². The monoisotopic (exact) mass is 502 g/mol. The number of carbonyl (C=O) groups is 2. The van der Waals surface area contributed by atoms with Crippen molar-refractivity contribution in [3.63, 3.8) is 0 Å². The Morgan fingerprint density at radius 2 is 1.62 bits per heavy atom. The first-order chi connectivity index (χ1) is 14.1. The lowest BCUT2D eigenvalue weighted by molar-refractivity contribution is 0.0507. The van der Waals surface area contributed by atoms with Gasteiger partial charge in [0.25, 0.3) is 0 Å². The Morgan fingerprint density at radius 3 is 2.34 bits per heavy atom. The largest absolute Gasteiger partial charge is 0.496 e. The van der Waals surface area contributed by atoms with Gasteiger partial charge in [0.15, 0.2) is 0 Å². The zero-order valence-electron chi connectivity index (χ0n) is 15.8. The predicted octanol–water partition coefficient (Wildman–Crippen LogP) is 4.92. The molecule has 0 atom stereocenters. The fourth-order valence-electron chi connectivity index (χ4n) is 2.64. The number of ether oxygens (including phenoxy) is 3. The number of hydrogen-bond acceptors (Lipinski definition) is 5. The van der Waals surface area contributed by atoms with Crippen LogP contribution in [0.2, 0.25) is 0 Å². The molecule has 0 fully saturated rings. The fourth-order valence-corrected chi connectivity index (χ4v) is 3.37. The van der Waals surface area contributed by atoms with Gasteiger partial charge in [0, 0.05) is 6.42 Å². The van der Waals surface area contributed by atoms with Crippen molar-refractivity contribution in [2.75, 3.05) is 13.7 Å². The molecule has 148 valence electrons. The molecule has 0 heterocycles. The van der Waals surface area contributed by atoms with Gasteiger partial charge in [-0.15, -0.1) is 0 Å². The van der Waals surface area contributed by atoms with Gasteiger partial charge >= 0.3 is 11.9 Å². The summed E-state index contributed by atoms with van der Waals surface area (Å²) in [5, 5.41) is 0. The summed E-state index contributed by atoms with van der Waals surface area (Å²) in [5.41, 5.74) is 1.82. The molecule has 0 saturated carbocycles. The van der Waals surface area contributed by atoms with E-state index in [1.165, 1.54) is 6.07 Å². The number of rotatable bonds is 7. The minimum Gasteiger partial charge on any atom is -0.496 e. The average molecular weight is 502 g/mol. The number of benzene rings is 3. The molecule has 0 aliphatic carbocycles. The molecular weight excluding hydrogens is 483 g/mol. The molecule has 0 unspecified atom stereocenters. The lowest BCUT2D eigenvalue weighted by Gasteiger charge is -2.09. The number of halogens is 1. The van der Waals surface area contributed by atoms with Crippen LogP contribution in [0.5, 0.6) is 11.5 Å². The lowest BCUT2D eigenvalue weighted by Crippen LogP contribution is -2.11. The van der Waals surface area contributed by atoms with Crippen molar-refractivity contribution >= 4 is 34.5 Å². The second kappa shape index (κ2) is 10.1. The third-order valence-corrected chi connectivity index (χ3v) is 4.98. The van der Waals surface area contributed by atoms with Gasteiger partial charge in [-0.25, -0.2) is 9.59 Å². The third kappa shape index (κ3) is 5.80. The molecule has 29 heavy (non-hydrogen) atoms. The van der Waals surface area contributed by atoms with E-state index in [2.05, 4.69) is 22.6 Å². The summed E-state index contributed by atoms with van der Waals surface area (Å²) in [4.78, 5) is 24.7. The van der Waals surface area contributed by atoms with E-state index in [0.717, 1.165) is 9.13 Å². The first kappa shape index (κ1) is 20.9. The number of hydrogen-bond donors (Lipinski definition) is 0. The van der Waals surface area contributed by atoms with Crippen LogP contribution in [0.1, 0.15) is 26.3 Å². The quantitative estimate of drug-likeness (QED) is 0.261. The SMILES string of the molecule is COc1ccc(C(=O)Oc2cccc(C(=O)OCCc3ccccc3)c2)cc1I. The molecule has 0 spiro atoms. The Hall–Kier alpha value is -2.87. The standard InChI is InChI=1S/C23H19IO5/c1-27-21-11-10-18(15-20(21)24)23(26)29-19-9-5-8-17(14-19)22(25)28-13-12-16-6-3-2-4-7-16/h2-11,14-15H,12-13H2,1H3. The van der Waals surface area contributed by atoms with Gasteiger partial charge in [-0.05, 0) is 64.6 Å². The van der Waals surface area contributed by atoms with Crippen molar-refractivity contribution in [3.8, 4) is 11.5 Å². The molecule has 3 aromatic carbocycles. The third-order valence-electron chi connectivity index (χ3n) is 4.13. The average Bonchev–Trinajstić information content (AvgIpc) is 2.74. The molecule has 0 saturated heterocycles. The van der Waals surface area contributed by atoms with Crippen molar-refractivity contribution in [2.45, 2.75) is 6.42 Å². The first-order valence-corrected chi connectivity index (χ1v) is 10.0. The highest BCUT2D eigenvalue weighted by molar-refractivity contribution is 14.1. The zero-order chi connectivity index (χ0) is 20.6. The Balaban J connectivity index is 1.60. The highest BCUT2D eigenvalue weighted by Crippen LogP contribution is 2.23. The Morgan fingerprint density at radius 1 is 0.862 bits per heavy atom. The molecule has 0 N–H and O–H groups in total. The molecule has 0 amide bonds. The van der Waals surface area contributed by atoms with E-state index in [1.807, 2.05) is 30.3 Å². The summed E-state index contributed by atoms with van der Waals surface area (Å²) in [6, 6.07) is 21.2. The van der Waals surface area contributed by atoms with E-state index in [9.17, 15) is 9.59 Å². The van der Waals surface area contributed by atoms with Crippen molar-refractivity contribution in [1.82, 2.24) is 0 Å². The topological polar surface area (TPSA) is 61.8 Å². The summed E-state index contributed by atoms with van der Waals surface area (Å²) < 4.78 is 16.7. The molecule has 3 aromatic rings. The number of esters is 2. The van der Waals surface area contributed by atoms with Gasteiger partial charge in [0.1, 0.15) is 11.5 Å². The van der Waals surface area contributed by atoms with Crippen LogP contribution in [0, 0.1) is 3.57 Å². The van der Waals surface area contributed by atoms with Crippen LogP contribution in [0.3, 0.4) is 0 Å². The molecule has 3 rings (SSSR count). The molecule has 6 heteroatoms. The number of methoxy groups -OCH3 is 1. The summed E-state index contributed by atoms with van der Waals surface area (Å²) >= 11 is 2.09. The van der Waals surface area contributed by atoms with Crippen LogP contribution in [-0.2, 0) is 11.2 Å². The fraction of sp³-hybridized carbons (Fsp3) is 0.130. The van der Waals surface area contributed by atoms with Crippen LogP contribution in [-0.4, -0.2) is 25.7 Å². The second-order valence-corrected chi connectivity index (χ2v) is 7.30. The minimum atomic E-state index is -0.514. The van der Waals surface area contributed by atoms with Crippen LogP contribution in [0.25, 0.3) is 0 Å². The summed E-state index contributed by atoms with van der Waals surface area (Å²) in [6.45, 7) is 0.275. The van der Waals surface area contributed by atoms with Crippen LogP contribution < -0.4 is 9.47 Å². The highest BCUT2D eigenvalue weighted by atomic mass is 127. The minimum absolute atomic E-state index is 0.275. The van der Waals surface area contributed by atoms with Crippen molar-refractivity contribution in [2.24, 2.45) is 0 Å². The smallest absolute Gasteiger partial charge is 0.343 e. The van der Waals surface area contributed by atoms with Gasteiger partial charge in [-0.1, -0.05) is 36.4 Å². The van der Waals surface area contributed by atoms with Crippen LogP contribution in [0.15, 0.2) is 72.8 Å². The molecule has 0 radical (unpaired) electrons. The predicted molar refractivity (Wildman–Crippen MR) is 118 cm³/mol. The zero-order valence-corrected chi connectivity index (χ0v) is 17.9. The van der Waals surface area contributed by atoms with Crippen molar-refractivity contribution in [3.05, 3.63) is 93.1 Å². The second-order valence-electron chi connectivity index (χ2n) is 6.14. The van der Waals surface area contributed by atoms with Crippen LogP contribution >= 0.6 is 22.6 Å². The molecule has 0 aliphatic rings. The van der Waals surface area contributed by atoms with Gasteiger partial charge in [0.2, 0.25) is 0 Å². The lowest BCUT2D eigenvalue weighted by atomic mass is 10.2. The maximum atomic E-state index is 12.4. The van der Waals surface area contributed by atoms with Crippen molar-refractivity contribution < 1.29 is 23.8 Å². The van der Waals surface area contributed by atoms with Gasteiger partial charge in [-0.3, -0.25) is 0 Å². The molecule has 0 bridgehead atoms. The highest BCUT2D eigenvalue weighted by Gasteiger charge is 2.13. The normalized spacial score (nSPS) is 10.3. The van der Waals surface area contributed by atoms with Gasteiger partial charge < -0.3 is 14.2 Å². The molecule has 0 aliphatic heterocycles. The summed E-state index contributed by atoms with van der Waals surface area (Å²) in [6.07, 6.45) is 0.636. The molecular formula is C23H19IO5. The summed E-state index contributed by atoms with van der Waals surface area (Å²) in [5.74, 6) is -0.0151. The van der Waals surface area contributed by atoms with E-state index in [4.69, 9.17) is 14.2 Å². The summed E-state index contributed by atoms with van der Waals surface area (Å²) in [7, 11) is 1.57. The maximum Gasteiger partial charge on any atom is 0.343 e. The van der Waals surface area contributed by atoms with E-state index in [0.29, 0.717) is 23.3 Å². The van der Waals surface area contributed by atoms with E-state index >= 15 is 0 Å². The molecule has 5 nitrogen and oxygen atoms in total. The van der Waals surface area contributed by atoms with E-state index in [-0.39, 0.29) is 12.4 Å². The number of carbonyl (C=O) groups excluding carboxylic acids is 2. The van der Waals surface area contributed by atoms with Crippen molar-refractivity contribution in [1.29, 1.82) is 0 Å². The Bertz CT molecular complexity index is 1000. The van der Waals surface area contributed by atoms with Crippen LogP contribution in [0.4, 0.5) is 0 Å². The first-order valence-electron chi connectivity index (χ1n) is 8.93. The van der Waals surface area contributed by atoms with Gasteiger partial charge in [-0.2, -0.15) is 0 Å². The van der Waals surface area contributed by atoms with E-state index < -0.39 is 11.9 Å². The maximum absolute atomic E-state index is 12.4. The molecule has 0 aromatic heterocycles. The Kier molecular flexibility index (Phi) is 7.24. The van der Waals surface area contributed by atoms with Gasteiger partial charge in [0.05, 0.1) is 28.4 Å².